The molecule has 3 nitrogen and oxygen atoms in total. The summed E-state index contributed by atoms with van der Waals surface area (Å²) in [5, 5.41) is 3.10. The summed E-state index contributed by atoms with van der Waals surface area (Å²) in [7, 11) is 1.95. The van der Waals surface area contributed by atoms with Crippen LogP contribution in [0.3, 0.4) is 0 Å². The highest BCUT2D eigenvalue weighted by atomic mass is 16.2. The molecule has 2 heterocycles. The summed E-state index contributed by atoms with van der Waals surface area (Å²) in [6.45, 7) is 1.97. The fourth-order valence-electron chi connectivity index (χ4n) is 2.18. The van der Waals surface area contributed by atoms with Crippen molar-refractivity contribution < 1.29 is 4.79 Å². The minimum Gasteiger partial charge on any atom is -0.339 e. The minimum absolute atomic E-state index is 0.407. The first-order valence-corrected chi connectivity index (χ1v) is 4.78. The standard InChI is InChI=1S/C9H16N2O/c1-10-3-2-4-11-8-5-7(6-8)9(11)12/h7-8,10H,2-6H2,1H3. The number of amides is 1. The summed E-state index contributed by atoms with van der Waals surface area (Å²) in [4.78, 5) is 13.5. The van der Waals surface area contributed by atoms with Crippen molar-refractivity contribution in [3.8, 4) is 0 Å². The van der Waals surface area contributed by atoms with Gasteiger partial charge in [-0.15, -0.1) is 0 Å². The quantitative estimate of drug-likeness (QED) is 0.609. The Hall–Kier alpha value is -0.570. The fraction of sp³-hybridized carbons (Fsp3) is 0.889. The molecule has 1 N–H and O–H groups in total. The monoisotopic (exact) mass is 168 g/mol. The Morgan fingerprint density at radius 1 is 1.58 bits per heavy atom. The molecule has 2 aliphatic heterocycles. The Balaban J connectivity index is 1.77. The molecule has 0 aromatic heterocycles. The van der Waals surface area contributed by atoms with Gasteiger partial charge in [0, 0.05) is 18.5 Å². The van der Waals surface area contributed by atoms with Crippen LogP contribution < -0.4 is 5.32 Å². The third kappa shape index (κ3) is 1.12. The van der Waals surface area contributed by atoms with Crippen LogP contribution in [0.15, 0.2) is 0 Å². The zero-order valence-corrected chi connectivity index (χ0v) is 7.55. The van der Waals surface area contributed by atoms with Crippen molar-refractivity contribution in [3.63, 3.8) is 0 Å². The van der Waals surface area contributed by atoms with Gasteiger partial charge in [0.2, 0.25) is 5.91 Å². The molecule has 3 aliphatic rings. The molecule has 0 atom stereocenters. The SMILES string of the molecule is CNCCCN1C(=O)C2CC1C2. The van der Waals surface area contributed by atoms with E-state index in [9.17, 15) is 4.79 Å². The molecule has 0 spiro atoms. The Kier molecular flexibility index (Phi) is 2.05. The molecule has 0 aromatic carbocycles. The number of rotatable bonds is 4. The van der Waals surface area contributed by atoms with Gasteiger partial charge in [0.1, 0.15) is 0 Å². The highest BCUT2D eigenvalue weighted by molar-refractivity contribution is 5.84. The predicted octanol–water partition coefficient (Wildman–Crippen LogP) is 0.217. The van der Waals surface area contributed by atoms with E-state index in [-0.39, 0.29) is 0 Å². The van der Waals surface area contributed by atoms with Crippen molar-refractivity contribution in [2.75, 3.05) is 20.1 Å². The first kappa shape index (κ1) is 8.05. The van der Waals surface area contributed by atoms with Crippen molar-refractivity contribution >= 4 is 5.91 Å². The van der Waals surface area contributed by atoms with Gasteiger partial charge >= 0.3 is 0 Å². The number of carbonyl (C=O) groups is 1. The molecule has 0 unspecified atom stereocenters. The molecule has 3 fully saturated rings. The Morgan fingerprint density at radius 2 is 2.33 bits per heavy atom. The lowest BCUT2D eigenvalue weighted by molar-refractivity contribution is -0.128. The molecule has 1 amide bonds. The predicted molar refractivity (Wildman–Crippen MR) is 46.8 cm³/mol. The number of hydrogen-bond acceptors (Lipinski definition) is 2. The van der Waals surface area contributed by atoms with Gasteiger partial charge in [-0.1, -0.05) is 0 Å². The van der Waals surface area contributed by atoms with E-state index in [1.165, 1.54) is 0 Å². The lowest BCUT2D eigenvalue weighted by atomic mass is 9.86. The zero-order valence-electron chi connectivity index (χ0n) is 7.55. The van der Waals surface area contributed by atoms with Crippen molar-refractivity contribution in [3.05, 3.63) is 0 Å². The lowest BCUT2D eigenvalue weighted by Crippen LogP contribution is -2.32. The number of fused-ring (bicyclic) bond motifs is 1. The maximum atomic E-state index is 11.4. The van der Waals surface area contributed by atoms with Crippen molar-refractivity contribution in [1.82, 2.24) is 10.2 Å². The maximum absolute atomic E-state index is 11.4. The molecule has 0 radical (unpaired) electrons. The molecular weight excluding hydrogens is 152 g/mol. The van der Waals surface area contributed by atoms with E-state index in [0.717, 1.165) is 32.4 Å². The maximum Gasteiger partial charge on any atom is 0.226 e. The molecule has 2 saturated heterocycles. The van der Waals surface area contributed by atoms with Gasteiger partial charge in [-0.05, 0) is 32.9 Å². The first-order chi connectivity index (χ1) is 5.83. The molecule has 3 rings (SSSR count). The van der Waals surface area contributed by atoms with Crippen LogP contribution in [0.2, 0.25) is 0 Å². The molecule has 1 aliphatic carbocycles. The molecule has 2 bridgehead atoms. The average Bonchev–Trinajstić information content (AvgIpc) is 2.40. The summed E-state index contributed by atoms with van der Waals surface area (Å²) < 4.78 is 0. The van der Waals surface area contributed by atoms with Crippen LogP contribution in [-0.2, 0) is 4.79 Å². The van der Waals surface area contributed by atoms with Crippen LogP contribution in [0.4, 0.5) is 0 Å². The Morgan fingerprint density at radius 3 is 2.83 bits per heavy atom. The second-order valence-electron chi connectivity index (χ2n) is 3.81. The van der Waals surface area contributed by atoms with E-state index in [0.29, 0.717) is 17.9 Å². The van der Waals surface area contributed by atoms with Crippen molar-refractivity contribution in [2.45, 2.75) is 25.3 Å². The van der Waals surface area contributed by atoms with E-state index in [2.05, 4.69) is 10.2 Å². The lowest BCUT2D eigenvalue weighted by Gasteiger charge is -2.24. The van der Waals surface area contributed by atoms with Crippen LogP contribution in [0.5, 0.6) is 0 Å². The molecule has 3 heteroatoms. The van der Waals surface area contributed by atoms with Crippen LogP contribution in [-0.4, -0.2) is 37.0 Å². The van der Waals surface area contributed by atoms with E-state index < -0.39 is 0 Å². The zero-order chi connectivity index (χ0) is 8.55. The Labute approximate surface area is 73.1 Å². The van der Waals surface area contributed by atoms with Gasteiger partial charge in [-0.25, -0.2) is 0 Å². The summed E-state index contributed by atoms with van der Waals surface area (Å²) in [6, 6.07) is 0.611. The summed E-state index contributed by atoms with van der Waals surface area (Å²) >= 11 is 0. The number of nitrogens with one attached hydrogen (secondary N) is 1. The van der Waals surface area contributed by atoms with Crippen LogP contribution >= 0.6 is 0 Å². The molecule has 1 saturated carbocycles. The molecule has 68 valence electrons. The van der Waals surface area contributed by atoms with Crippen molar-refractivity contribution in [1.29, 1.82) is 0 Å². The van der Waals surface area contributed by atoms with Crippen LogP contribution in [0.1, 0.15) is 19.3 Å². The highest BCUT2D eigenvalue weighted by Crippen LogP contribution is 2.41. The third-order valence-electron chi connectivity index (χ3n) is 3.01. The summed E-state index contributed by atoms with van der Waals surface area (Å²) in [5.41, 5.74) is 0. The largest absolute Gasteiger partial charge is 0.339 e. The van der Waals surface area contributed by atoms with Crippen LogP contribution in [0, 0.1) is 5.92 Å². The highest BCUT2D eigenvalue weighted by Gasteiger charge is 2.48. The van der Waals surface area contributed by atoms with Crippen LogP contribution in [0.25, 0.3) is 0 Å². The second kappa shape index (κ2) is 3.05. The normalized spacial score (nSPS) is 32.4. The Bertz CT molecular complexity index is 187. The van der Waals surface area contributed by atoms with Gasteiger partial charge in [0.05, 0.1) is 0 Å². The average molecular weight is 168 g/mol. The van der Waals surface area contributed by atoms with Gasteiger partial charge in [-0.2, -0.15) is 0 Å². The fourth-order valence-corrected chi connectivity index (χ4v) is 2.18. The van der Waals surface area contributed by atoms with E-state index in [1.54, 1.807) is 0 Å². The molecular formula is C9H16N2O. The number of nitrogens with zero attached hydrogens (tertiary/aromatic N) is 1. The third-order valence-corrected chi connectivity index (χ3v) is 3.01. The topological polar surface area (TPSA) is 32.3 Å². The minimum atomic E-state index is 0.407. The summed E-state index contributed by atoms with van der Waals surface area (Å²) in [6.07, 6.45) is 3.36. The van der Waals surface area contributed by atoms with Gasteiger partial charge < -0.3 is 10.2 Å². The van der Waals surface area contributed by atoms with Gasteiger partial charge in [0.25, 0.3) is 0 Å². The van der Waals surface area contributed by atoms with Gasteiger partial charge in [0.15, 0.2) is 0 Å². The number of hydrogen-bond donors (Lipinski definition) is 1. The van der Waals surface area contributed by atoms with Crippen molar-refractivity contribution in [2.24, 2.45) is 5.92 Å². The smallest absolute Gasteiger partial charge is 0.226 e. The second-order valence-corrected chi connectivity index (χ2v) is 3.81. The number of carbonyl (C=O) groups excluding carboxylic acids is 1. The van der Waals surface area contributed by atoms with Gasteiger partial charge in [-0.3, -0.25) is 4.79 Å². The first-order valence-electron chi connectivity index (χ1n) is 4.78. The van der Waals surface area contributed by atoms with E-state index >= 15 is 0 Å². The molecule has 0 aromatic rings. The summed E-state index contributed by atoms with van der Waals surface area (Å²) in [5.74, 6) is 0.820. The van der Waals surface area contributed by atoms with E-state index in [4.69, 9.17) is 0 Å². The van der Waals surface area contributed by atoms with E-state index in [1.807, 2.05) is 7.05 Å². The molecule has 12 heavy (non-hydrogen) atoms.